The van der Waals surface area contributed by atoms with Crippen LogP contribution in [0.1, 0.15) is 27.3 Å². The highest BCUT2D eigenvalue weighted by Crippen LogP contribution is 2.27. The van der Waals surface area contributed by atoms with Gasteiger partial charge in [-0.3, -0.25) is 9.89 Å². The Labute approximate surface area is 136 Å². The second-order valence-electron chi connectivity index (χ2n) is 6.12. The van der Waals surface area contributed by atoms with Crippen molar-refractivity contribution in [2.45, 2.75) is 20.8 Å². The number of nitrogens with one attached hydrogen (secondary N) is 1. The van der Waals surface area contributed by atoms with E-state index in [9.17, 15) is 4.79 Å². The number of anilines is 2. The van der Waals surface area contributed by atoms with Gasteiger partial charge in [-0.1, -0.05) is 6.07 Å². The number of aromatic nitrogens is 2. The number of benzene rings is 1. The van der Waals surface area contributed by atoms with Crippen LogP contribution < -0.4 is 15.5 Å². The van der Waals surface area contributed by atoms with Crippen molar-refractivity contribution in [3.05, 3.63) is 40.7 Å². The normalized spacial score (nSPS) is 15.1. The average molecular weight is 313 g/mol. The second-order valence-corrected chi connectivity index (χ2v) is 6.12. The molecule has 1 aliphatic rings. The van der Waals surface area contributed by atoms with Crippen molar-refractivity contribution in [1.29, 1.82) is 0 Å². The van der Waals surface area contributed by atoms with Crippen LogP contribution in [0.2, 0.25) is 0 Å². The Balaban J connectivity index is 1.77. The Morgan fingerprint density at radius 3 is 2.35 bits per heavy atom. The monoisotopic (exact) mass is 313 g/mol. The van der Waals surface area contributed by atoms with Gasteiger partial charge in [0.1, 0.15) is 0 Å². The number of hydrogen-bond acceptors (Lipinski definition) is 4. The van der Waals surface area contributed by atoms with Gasteiger partial charge in [0.25, 0.3) is 0 Å². The maximum atomic E-state index is 11.4. The van der Waals surface area contributed by atoms with Gasteiger partial charge in [-0.15, -0.1) is 0 Å². The number of nitrogens with zero attached hydrogens (tertiary/aromatic N) is 3. The SMILES string of the molecule is Cc1ccc(C(N)=O)cc1N1CCN(c2c(C)n[nH]c2C)CC1. The zero-order chi connectivity index (χ0) is 16.6. The number of carbonyl (C=O) groups excluding carboxylic acids is 1. The Morgan fingerprint density at radius 1 is 1.13 bits per heavy atom. The predicted molar refractivity (Wildman–Crippen MR) is 92.2 cm³/mol. The molecule has 2 aromatic rings. The molecule has 2 heterocycles. The number of aryl methyl sites for hydroxylation is 3. The van der Waals surface area contributed by atoms with Crippen LogP contribution in [0.5, 0.6) is 0 Å². The minimum absolute atomic E-state index is 0.380. The van der Waals surface area contributed by atoms with E-state index in [1.807, 2.05) is 19.1 Å². The molecule has 1 fully saturated rings. The molecule has 0 atom stereocenters. The summed E-state index contributed by atoms with van der Waals surface area (Å²) in [5.41, 5.74) is 11.6. The summed E-state index contributed by atoms with van der Waals surface area (Å²) in [7, 11) is 0. The van der Waals surface area contributed by atoms with Gasteiger partial charge in [0.2, 0.25) is 5.91 Å². The first kappa shape index (κ1) is 15.4. The first-order valence-electron chi connectivity index (χ1n) is 7.89. The molecule has 1 amide bonds. The van der Waals surface area contributed by atoms with Crippen LogP contribution in [0.4, 0.5) is 11.4 Å². The van der Waals surface area contributed by atoms with Gasteiger partial charge < -0.3 is 15.5 Å². The fraction of sp³-hybridized carbons (Fsp3) is 0.412. The van der Waals surface area contributed by atoms with Gasteiger partial charge in [0, 0.05) is 37.4 Å². The van der Waals surface area contributed by atoms with Crippen LogP contribution in [0.25, 0.3) is 0 Å². The van der Waals surface area contributed by atoms with E-state index < -0.39 is 0 Å². The summed E-state index contributed by atoms with van der Waals surface area (Å²) in [6, 6.07) is 5.66. The van der Waals surface area contributed by atoms with Crippen molar-refractivity contribution in [3.8, 4) is 0 Å². The van der Waals surface area contributed by atoms with Crippen LogP contribution >= 0.6 is 0 Å². The summed E-state index contributed by atoms with van der Waals surface area (Å²) >= 11 is 0. The number of rotatable bonds is 3. The van der Waals surface area contributed by atoms with E-state index in [4.69, 9.17) is 5.73 Å². The molecular weight excluding hydrogens is 290 g/mol. The number of aromatic amines is 1. The fourth-order valence-electron chi connectivity index (χ4n) is 3.29. The lowest BCUT2D eigenvalue weighted by molar-refractivity contribution is 0.100. The van der Waals surface area contributed by atoms with E-state index in [-0.39, 0.29) is 5.91 Å². The molecule has 1 aromatic heterocycles. The van der Waals surface area contributed by atoms with Crippen molar-refractivity contribution in [2.24, 2.45) is 5.73 Å². The van der Waals surface area contributed by atoms with Crippen molar-refractivity contribution >= 4 is 17.3 Å². The highest BCUT2D eigenvalue weighted by Gasteiger charge is 2.22. The second kappa shape index (κ2) is 5.95. The zero-order valence-corrected chi connectivity index (χ0v) is 13.9. The summed E-state index contributed by atoms with van der Waals surface area (Å²) in [5.74, 6) is -0.380. The highest BCUT2D eigenvalue weighted by molar-refractivity contribution is 5.94. The van der Waals surface area contributed by atoms with Crippen LogP contribution in [0, 0.1) is 20.8 Å². The van der Waals surface area contributed by atoms with E-state index in [2.05, 4.69) is 33.8 Å². The predicted octanol–water partition coefficient (Wildman–Crippen LogP) is 1.76. The first-order chi connectivity index (χ1) is 11.0. The molecule has 0 aliphatic carbocycles. The molecule has 6 nitrogen and oxygen atoms in total. The Kier molecular flexibility index (Phi) is 3.98. The molecule has 122 valence electrons. The lowest BCUT2D eigenvalue weighted by Gasteiger charge is -2.38. The minimum atomic E-state index is -0.380. The summed E-state index contributed by atoms with van der Waals surface area (Å²) in [6.07, 6.45) is 0. The smallest absolute Gasteiger partial charge is 0.248 e. The quantitative estimate of drug-likeness (QED) is 0.905. The highest BCUT2D eigenvalue weighted by atomic mass is 16.1. The van der Waals surface area contributed by atoms with E-state index in [1.165, 1.54) is 11.3 Å². The van der Waals surface area contributed by atoms with Gasteiger partial charge in [-0.25, -0.2) is 0 Å². The largest absolute Gasteiger partial charge is 0.368 e. The number of amides is 1. The number of primary amides is 1. The van der Waals surface area contributed by atoms with Crippen molar-refractivity contribution in [3.63, 3.8) is 0 Å². The number of piperazine rings is 1. The lowest BCUT2D eigenvalue weighted by Crippen LogP contribution is -2.47. The van der Waals surface area contributed by atoms with Gasteiger partial charge in [-0.2, -0.15) is 5.10 Å². The molecule has 0 unspecified atom stereocenters. The van der Waals surface area contributed by atoms with E-state index in [0.717, 1.165) is 43.3 Å². The third kappa shape index (κ3) is 2.88. The molecule has 1 saturated heterocycles. The molecule has 0 radical (unpaired) electrons. The van der Waals surface area contributed by atoms with E-state index >= 15 is 0 Å². The average Bonchev–Trinajstić information content (AvgIpc) is 2.87. The Morgan fingerprint density at radius 2 is 1.78 bits per heavy atom. The lowest BCUT2D eigenvalue weighted by atomic mass is 10.1. The topological polar surface area (TPSA) is 78.2 Å². The molecule has 23 heavy (non-hydrogen) atoms. The van der Waals surface area contributed by atoms with Crippen molar-refractivity contribution in [2.75, 3.05) is 36.0 Å². The van der Waals surface area contributed by atoms with Crippen LogP contribution in [0.3, 0.4) is 0 Å². The Bertz CT molecular complexity index is 709. The molecule has 3 N–H and O–H groups in total. The number of hydrogen-bond donors (Lipinski definition) is 2. The molecule has 6 heteroatoms. The standard InChI is InChI=1S/C17H23N5O/c1-11-4-5-14(17(18)23)10-15(11)21-6-8-22(9-7-21)16-12(2)19-20-13(16)3/h4-5,10H,6-9H2,1-3H3,(H2,18,23)(H,19,20). The third-order valence-corrected chi connectivity index (χ3v) is 4.52. The fourth-order valence-corrected chi connectivity index (χ4v) is 3.29. The van der Waals surface area contributed by atoms with E-state index in [0.29, 0.717) is 5.56 Å². The van der Waals surface area contributed by atoms with Crippen LogP contribution in [0.15, 0.2) is 18.2 Å². The van der Waals surface area contributed by atoms with Crippen LogP contribution in [-0.2, 0) is 0 Å². The molecule has 0 spiro atoms. The third-order valence-electron chi connectivity index (χ3n) is 4.52. The van der Waals surface area contributed by atoms with Gasteiger partial charge >= 0.3 is 0 Å². The van der Waals surface area contributed by atoms with Gasteiger partial charge in [-0.05, 0) is 38.5 Å². The molecule has 0 saturated carbocycles. The van der Waals surface area contributed by atoms with Crippen molar-refractivity contribution < 1.29 is 4.79 Å². The number of nitrogens with two attached hydrogens (primary N) is 1. The summed E-state index contributed by atoms with van der Waals surface area (Å²) in [5, 5.41) is 7.33. The molecule has 3 rings (SSSR count). The van der Waals surface area contributed by atoms with E-state index in [1.54, 1.807) is 6.07 Å². The number of H-pyrrole nitrogens is 1. The maximum absolute atomic E-state index is 11.4. The van der Waals surface area contributed by atoms with Gasteiger partial charge in [0.15, 0.2) is 0 Å². The minimum Gasteiger partial charge on any atom is -0.368 e. The summed E-state index contributed by atoms with van der Waals surface area (Å²) < 4.78 is 0. The summed E-state index contributed by atoms with van der Waals surface area (Å²) in [6.45, 7) is 9.84. The number of carbonyl (C=O) groups is 1. The summed E-state index contributed by atoms with van der Waals surface area (Å²) in [4.78, 5) is 16.1. The first-order valence-corrected chi connectivity index (χ1v) is 7.89. The van der Waals surface area contributed by atoms with Gasteiger partial charge in [0.05, 0.1) is 17.1 Å². The van der Waals surface area contributed by atoms with Crippen molar-refractivity contribution in [1.82, 2.24) is 10.2 Å². The Hall–Kier alpha value is -2.50. The molecule has 1 aromatic carbocycles. The molecule has 1 aliphatic heterocycles. The molecule has 0 bridgehead atoms. The van der Waals surface area contributed by atoms with Crippen LogP contribution in [-0.4, -0.2) is 42.3 Å². The maximum Gasteiger partial charge on any atom is 0.248 e. The zero-order valence-electron chi connectivity index (χ0n) is 13.9. The molecular formula is C17H23N5O.